The van der Waals surface area contributed by atoms with E-state index in [0.717, 1.165) is 54.6 Å². The van der Waals surface area contributed by atoms with E-state index in [1.807, 2.05) is 4.90 Å². The smallest absolute Gasteiger partial charge is 0.256 e. The lowest BCUT2D eigenvalue weighted by Crippen LogP contribution is -2.48. The SMILES string of the molecule is CC1CCN(C2CCN(c3nc(F)c4ccc(=O)n(-c5c(F)cccc5F)c4n3)CC2)CC1. The zero-order valence-corrected chi connectivity index (χ0v) is 18.5. The first kappa shape index (κ1) is 21.9. The number of hydrogen-bond acceptors (Lipinski definition) is 5. The van der Waals surface area contributed by atoms with Gasteiger partial charge < -0.3 is 9.80 Å². The lowest BCUT2D eigenvalue weighted by atomic mass is 9.95. The van der Waals surface area contributed by atoms with Gasteiger partial charge in [0.25, 0.3) is 5.56 Å². The predicted molar refractivity (Wildman–Crippen MR) is 120 cm³/mol. The van der Waals surface area contributed by atoms with Gasteiger partial charge in [-0.1, -0.05) is 13.0 Å². The molecule has 9 heteroatoms. The number of fused-ring (bicyclic) bond motifs is 1. The molecular formula is C24H26F3N5O. The van der Waals surface area contributed by atoms with Crippen molar-refractivity contribution in [2.45, 2.75) is 38.6 Å². The Bertz CT molecular complexity index is 1210. The summed E-state index contributed by atoms with van der Waals surface area (Å²) in [4.78, 5) is 25.5. The summed E-state index contributed by atoms with van der Waals surface area (Å²) in [7, 11) is 0. The number of halogens is 3. The molecule has 6 nitrogen and oxygen atoms in total. The number of likely N-dealkylation sites (tertiary alicyclic amines) is 1. The molecule has 2 aliphatic rings. The van der Waals surface area contributed by atoms with Crippen LogP contribution in [0.25, 0.3) is 16.7 Å². The summed E-state index contributed by atoms with van der Waals surface area (Å²) in [6.07, 6.45) is 4.23. The minimum atomic E-state index is -0.929. The average Bonchev–Trinajstić information content (AvgIpc) is 2.81. The van der Waals surface area contributed by atoms with Crippen LogP contribution in [0.1, 0.15) is 32.6 Å². The highest BCUT2D eigenvalue weighted by Gasteiger charge is 2.29. The monoisotopic (exact) mass is 457 g/mol. The Balaban J connectivity index is 1.48. The molecule has 0 unspecified atom stereocenters. The van der Waals surface area contributed by atoms with E-state index in [-0.39, 0.29) is 17.0 Å². The van der Waals surface area contributed by atoms with Gasteiger partial charge in [0.2, 0.25) is 11.9 Å². The highest BCUT2D eigenvalue weighted by Crippen LogP contribution is 2.27. The first-order valence-corrected chi connectivity index (χ1v) is 11.4. The van der Waals surface area contributed by atoms with Gasteiger partial charge in [-0.15, -0.1) is 0 Å². The van der Waals surface area contributed by atoms with Gasteiger partial charge in [-0.25, -0.2) is 8.78 Å². The molecule has 0 saturated carbocycles. The molecule has 0 atom stereocenters. The molecule has 2 aliphatic heterocycles. The Morgan fingerprint density at radius 2 is 1.55 bits per heavy atom. The first-order valence-electron chi connectivity index (χ1n) is 11.4. The second-order valence-electron chi connectivity index (χ2n) is 9.07. The molecule has 0 aliphatic carbocycles. The standard InChI is InChI=1S/C24H26F3N5O/c1-15-7-11-30(12-8-15)16-9-13-31(14-10-16)24-28-22(27)17-5-6-20(33)32(23(17)29-24)21-18(25)3-2-4-19(21)26/h2-6,15-16H,7-14H2,1H3. The Hall–Kier alpha value is -2.94. The van der Waals surface area contributed by atoms with Crippen LogP contribution in [0.4, 0.5) is 19.1 Å². The fourth-order valence-electron chi connectivity index (χ4n) is 4.95. The second-order valence-corrected chi connectivity index (χ2v) is 9.07. The lowest BCUT2D eigenvalue weighted by molar-refractivity contribution is 0.120. The van der Waals surface area contributed by atoms with Crippen molar-refractivity contribution in [2.75, 3.05) is 31.1 Å². The number of para-hydroxylation sites is 1. The average molecular weight is 458 g/mol. The van der Waals surface area contributed by atoms with E-state index in [1.54, 1.807) is 0 Å². The van der Waals surface area contributed by atoms with Crippen LogP contribution in [0.15, 0.2) is 35.1 Å². The Labute approximate surface area is 189 Å². The molecule has 4 heterocycles. The van der Waals surface area contributed by atoms with Gasteiger partial charge in [0.05, 0.1) is 5.39 Å². The number of benzene rings is 1. The predicted octanol–water partition coefficient (Wildman–Crippen LogP) is 3.90. The molecule has 0 amide bonds. The maximum absolute atomic E-state index is 14.9. The van der Waals surface area contributed by atoms with Crippen molar-refractivity contribution in [2.24, 2.45) is 5.92 Å². The Kier molecular flexibility index (Phi) is 5.82. The van der Waals surface area contributed by atoms with E-state index in [1.165, 1.54) is 25.0 Å². The zero-order valence-electron chi connectivity index (χ0n) is 18.5. The van der Waals surface area contributed by atoms with Crippen LogP contribution in [0.2, 0.25) is 0 Å². The van der Waals surface area contributed by atoms with E-state index in [9.17, 15) is 18.0 Å². The summed E-state index contributed by atoms with van der Waals surface area (Å²) in [5, 5.41) is -0.0710. The quantitative estimate of drug-likeness (QED) is 0.559. The molecule has 174 valence electrons. The van der Waals surface area contributed by atoms with Gasteiger partial charge in [-0.05, 0) is 62.9 Å². The van der Waals surface area contributed by atoms with Crippen LogP contribution in [0.3, 0.4) is 0 Å². The lowest BCUT2D eigenvalue weighted by Gasteiger charge is -2.41. The third-order valence-electron chi connectivity index (χ3n) is 6.94. The van der Waals surface area contributed by atoms with Crippen LogP contribution in [0, 0.1) is 23.5 Å². The van der Waals surface area contributed by atoms with E-state index >= 15 is 0 Å². The van der Waals surface area contributed by atoms with Crippen molar-refractivity contribution in [3.8, 4) is 5.69 Å². The summed E-state index contributed by atoms with van der Waals surface area (Å²) in [5.74, 6) is -1.79. The van der Waals surface area contributed by atoms with Crippen molar-refractivity contribution in [1.29, 1.82) is 0 Å². The van der Waals surface area contributed by atoms with E-state index in [0.29, 0.717) is 19.1 Å². The molecule has 1 aromatic carbocycles. The topological polar surface area (TPSA) is 54.3 Å². The van der Waals surface area contributed by atoms with Gasteiger partial charge in [-0.3, -0.25) is 9.36 Å². The van der Waals surface area contributed by atoms with Crippen molar-refractivity contribution >= 4 is 17.0 Å². The van der Waals surface area contributed by atoms with Crippen molar-refractivity contribution in [3.63, 3.8) is 0 Å². The van der Waals surface area contributed by atoms with Crippen LogP contribution in [-0.4, -0.2) is 51.7 Å². The summed E-state index contributed by atoms with van der Waals surface area (Å²) in [6, 6.07) is 6.09. The van der Waals surface area contributed by atoms with Gasteiger partial charge in [0.15, 0.2) is 5.65 Å². The van der Waals surface area contributed by atoms with Crippen molar-refractivity contribution in [1.82, 2.24) is 19.4 Å². The second kappa shape index (κ2) is 8.78. The first-order chi connectivity index (χ1) is 15.9. The van der Waals surface area contributed by atoms with Crippen LogP contribution in [-0.2, 0) is 0 Å². The molecule has 0 N–H and O–H groups in total. The summed E-state index contributed by atoms with van der Waals surface area (Å²) >= 11 is 0. The minimum absolute atomic E-state index is 0.0710. The molecule has 2 fully saturated rings. The number of aromatic nitrogens is 3. The fraction of sp³-hybridized carbons (Fsp3) is 0.458. The number of rotatable bonds is 3. The maximum Gasteiger partial charge on any atom is 0.256 e. The Morgan fingerprint density at radius 1 is 0.879 bits per heavy atom. The highest BCUT2D eigenvalue weighted by atomic mass is 19.1. The van der Waals surface area contributed by atoms with Gasteiger partial charge in [0, 0.05) is 25.2 Å². The van der Waals surface area contributed by atoms with Gasteiger partial charge >= 0.3 is 0 Å². The molecule has 0 radical (unpaired) electrons. The largest absolute Gasteiger partial charge is 0.341 e. The summed E-state index contributed by atoms with van der Waals surface area (Å²) < 4.78 is 44.7. The molecule has 2 saturated heterocycles. The molecule has 5 rings (SSSR count). The molecular weight excluding hydrogens is 431 g/mol. The van der Waals surface area contributed by atoms with Crippen molar-refractivity contribution < 1.29 is 13.2 Å². The summed E-state index contributed by atoms with van der Waals surface area (Å²) in [5.41, 5.74) is -1.43. The van der Waals surface area contributed by atoms with E-state index < -0.39 is 28.8 Å². The third-order valence-corrected chi connectivity index (χ3v) is 6.94. The molecule has 0 spiro atoms. The molecule has 0 bridgehead atoms. The van der Waals surface area contributed by atoms with Crippen LogP contribution >= 0.6 is 0 Å². The fourth-order valence-corrected chi connectivity index (χ4v) is 4.95. The van der Waals surface area contributed by atoms with Crippen LogP contribution < -0.4 is 10.5 Å². The number of nitrogens with zero attached hydrogens (tertiary/aromatic N) is 5. The number of piperidine rings is 2. The molecule has 2 aromatic heterocycles. The molecule has 3 aromatic rings. The summed E-state index contributed by atoms with van der Waals surface area (Å²) in [6.45, 7) is 5.79. The van der Waals surface area contributed by atoms with E-state index in [4.69, 9.17) is 0 Å². The van der Waals surface area contributed by atoms with E-state index in [2.05, 4.69) is 21.8 Å². The van der Waals surface area contributed by atoms with Gasteiger partial charge in [0.1, 0.15) is 17.3 Å². The van der Waals surface area contributed by atoms with Crippen molar-refractivity contribution in [3.05, 3.63) is 58.3 Å². The maximum atomic E-state index is 14.9. The normalized spacial score (nSPS) is 18.8. The van der Waals surface area contributed by atoms with Gasteiger partial charge in [-0.2, -0.15) is 14.4 Å². The number of hydrogen-bond donors (Lipinski definition) is 0. The zero-order chi connectivity index (χ0) is 23.1. The Morgan fingerprint density at radius 3 is 2.21 bits per heavy atom. The minimum Gasteiger partial charge on any atom is -0.341 e. The van der Waals surface area contributed by atoms with Crippen LogP contribution in [0.5, 0.6) is 0 Å². The number of anilines is 1. The number of pyridine rings is 1. The molecule has 33 heavy (non-hydrogen) atoms. The third kappa shape index (κ3) is 4.10. The highest BCUT2D eigenvalue weighted by molar-refractivity contribution is 5.77.